The number of hydrogen-bond acceptors (Lipinski definition) is 4. The smallest absolute Gasteiger partial charge is 0.329 e. The highest BCUT2D eigenvalue weighted by Gasteiger charge is 2.60. The number of carbonyl (C=O) groups is 3. The zero-order valence-electron chi connectivity index (χ0n) is 16.9. The maximum atomic E-state index is 13.3. The van der Waals surface area contributed by atoms with E-state index in [4.69, 9.17) is 0 Å². The average Bonchev–Trinajstić information content (AvgIpc) is 3.24. The van der Waals surface area contributed by atoms with E-state index in [9.17, 15) is 24.6 Å². The summed E-state index contributed by atoms with van der Waals surface area (Å²) in [7, 11) is 0. The summed E-state index contributed by atoms with van der Waals surface area (Å²) in [6.45, 7) is 5.90. The lowest BCUT2D eigenvalue weighted by Gasteiger charge is -2.39. The van der Waals surface area contributed by atoms with Gasteiger partial charge in [-0.25, -0.2) is 4.79 Å². The summed E-state index contributed by atoms with van der Waals surface area (Å²) in [5.41, 5.74) is -1.48. The fourth-order valence-electron chi connectivity index (χ4n) is 4.38. The van der Waals surface area contributed by atoms with Crippen molar-refractivity contribution in [2.24, 2.45) is 11.8 Å². The molecule has 3 atom stereocenters. The zero-order chi connectivity index (χ0) is 20.9. The topological polar surface area (TPSA) is 94.9 Å². The number of rotatable bonds is 10. The van der Waals surface area contributed by atoms with Crippen molar-refractivity contribution >= 4 is 29.2 Å². The number of nitrogens with zero attached hydrogens (tertiary/aromatic N) is 1. The van der Waals surface area contributed by atoms with Gasteiger partial charge in [0.1, 0.15) is 5.54 Å². The second-order valence-electron chi connectivity index (χ2n) is 8.12. The Labute approximate surface area is 170 Å². The van der Waals surface area contributed by atoms with E-state index < -0.39 is 29.4 Å². The van der Waals surface area contributed by atoms with Crippen LogP contribution < -0.4 is 0 Å². The Morgan fingerprint density at radius 1 is 1.25 bits per heavy atom. The third kappa shape index (κ3) is 4.57. The van der Waals surface area contributed by atoms with Crippen molar-refractivity contribution in [2.45, 2.75) is 77.3 Å². The predicted molar refractivity (Wildman–Crippen MR) is 108 cm³/mol. The lowest BCUT2D eigenvalue weighted by Crippen LogP contribution is -2.54. The maximum absolute atomic E-state index is 13.3. The first-order valence-electron chi connectivity index (χ1n) is 10.1. The number of hydrogen-bond donors (Lipinski definition) is 2. The van der Waals surface area contributed by atoms with E-state index in [0.717, 1.165) is 24.1 Å². The highest BCUT2D eigenvalue weighted by molar-refractivity contribution is 7.10. The van der Waals surface area contributed by atoms with Crippen LogP contribution >= 0.6 is 11.3 Å². The van der Waals surface area contributed by atoms with Crippen LogP contribution in [0.25, 0.3) is 0 Å². The Balaban J connectivity index is 2.48. The Kier molecular flexibility index (Phi) is 7.63. The van der Waals surface area contributed by atoms with Gasteiger partial charge < -0.3 is 15.1 Å². The SMILES string of the molecule is CCCCCCC(=O)N1[C@@H](c2cccs2)[C@@H](C(=O)O)C[C@@]1(CC(C)C)C(=O)O. The van der Waals surface area contributed by atoms with Gasteiger partial charge >= 0.3 is 11.9 Å². The number of thiophene rings is 1. The van der Waals surface area contributed by atoms with Crippen molar-refractivity contribution < 1.29 is 24.6 Å². The fourth-order valence-corrected chi connectivity index (χ4v) is 5.26. The lowest BCUT2D eigenvalue weighted by atomic mass is 9.83. The molecule has 0 unspecified atom stereocenters. The molecule has 2 heterocycles. The molecule has 0 aromatic carbocycles. The summed E-state index contributed by atoms with van der Waals surface area (Å²) < 4.78 is 0. The van der Waals surface area contributed by atoms with Gasteiger partial charge in [-0.2, -0.15) is 0 Å². The number of unbranched alkanes of at least 4 members (excludes halogenated alkanes) is 3. The van der Waals surface area contributed by atoms with E-state index in [1.807, 2.05) is 25.3 Å². The second kappa shape index (κ2) is 9.54. The first-order valence-corrected chi connectivity index (χ1v) is 10.9. The monoisotopic (exact) mass is 409 g/mol. The molecule has 0 saturated carbocycles. The molecule has 0 radical (unpaired) electrons. The molecule has 2 rings (SSSR count). The van der Waals surface area contributed by atoms with Crippen LogP contribution in [-0.4, -0.2) is 38.5 Å². The molecule has 1 saturated heterocycles. The van der Waals surface area contributed by atoms with Gasteiger partial charge in [0.05, 0.1) is 12.0 Å². The number of amides is 1. The van der Waals surface area contributed by atoms with Crippen LogP contribution in [0.15, 0.2) is 17.5 Å². The molecule has 1 aromatic heterocycles. The summed E-state index contributed by atoms with van der Waals surface area (Å²) in [5, 5.41) is 21.9. The first-order chi connectivity index (χ1) is 13.2. The molecule has 28 heavy (non-hydrogen) atoms. The summed E-state index contributed by atoms with van der Waals surface area (Å²) in [4.78, 5) is 39.9. The van der Waals surface area contributed by atoms with Crippen LogP contribution in [0.2, 0.25) is 0 Å². The van der Waals surface area contributed by atoms with Gasteiger partial charge in [0.15, 0.2) is 0 Å². The van der Waals surface area contributed by atoms with E-state index in [2.05, 4.69) is 6.92 Å². The molecule has 0 bridgehead atoms. The van der Waals surface area contributed by atoms with Crippen molar-refractivity contribution in [3.05, 3.63) is 22.4 Å². The normalized spacial score (nSPS) is 24.6. The third-order valence-electron chi connectivity index (χ3n) is 5.49. The minimum Gasteiger partial charge on any atom is -0.481 e. The molecular formula is C21H31NO5S. The van der Waals surface area contributed by atoms with E-state index >= 15 is 0 Å². The van der Waals surface area contributed by atoms with Gasteiger partial charge in [-0.05, 0) is 36.6 Å². The van der Waals surface area contributed by atoms with Crippen LogP contribution in [0.3, 0.4) is 0 Å². The summed E-state index contributed by atoms with van der Waals surface area (Å²) in [5.74, 6) is -3.31. The molecule has 1 aliphatic heterocycles. The van der Waals surface area contributed by atoms with Crippen LogP contribution in [-0.2, 0) is 14.4 Å². The van der Waals surface area contributed by atoms with Crippen LogP contribution in [0.5, 0.6) is 0 Å². The molecule has 1 fully saturated rings. The number of carbonyl (C=O) groups excluding carboxylic acids is 1. The first kappa shape index (κ1) is 22.4. The lowest BCUT2D eigenvalue weighted by molar-refractivity contribution is -0.160. The Morgan fingerprint density at radius 3 is 2.46 bits per heavy atom. The van der Waals surface area contributed by atoms with Crippen molar-refractivity contribution in [1.29, 1.82) is 0 Å². The highest BCUT2D eigenvalue weighted by Crippen LogP contribution is 2.51. The maximum Gasteiger partial charge on any atom is 0.329 e. The predicted octanol–water partition coefficient (Wildman–Crippen LogP) is 4.56. The Bertz CT molecular complexity index is 687. The Morgan fingerprint density at radius 2 is 1.96 bits per heavy atom. The van der Waals surface area contributed by atoms with Crippen LogP contribution in [0, 0.1) is 11.8 Å². The molecule has 7 heteroatoms. The van der Waals surface area contributed by atoms with Crippen molar-refractivity contribution in [3.63, 3.8) is 0 Å². The Hall–Kier alpha value is -1.89. The van der Waals surface area contributed by atoms with E-state index in [0.29, 0.717) is 6.42 Å². The van der Waals surface area contributed by atoms with Gasteiger partial charge in [-0.3, -0.25) is 9.59 Å². The number of likely N-dealkylation sites (tertiary alicyclic amines) is 1. The largest absolute Gasteiger partial charge is 0.481 e. The summed E-state index contributed by atoms with van der Waals surface area (Å²) >= 11 is 1.38. The molecule has 0 aliphatic carbocycles. The fraction of sp³-hybridized carbons (Fsp3) is 0.667. The molecule has 1 aromatic rings. The third-order valence-corrected chi connectivity index (χ3v) is 6.43. The molecule has 2 N–H and O–H groups in total. The molecule has 156 valence electrons. The van der Waals surface area contributed by atoms with Crippen molar-refractivity contribution in [3.8, 4) is 0 Å². The quantitative estimate of drug-likeness (QED) is 0.552. The molecule has 0 spiro atoms. The standard InChI is InChI=1S/C21H31NO5S/c1-4-5-6-7-10-17(23)22-18(16-9-8-11-28-16)15(19(24)25)13-21(22,20(26)27)12-14(2)3/h8-9,11,14-15,18H,4-7,10,12-13H2,1-3H3,(H,24,25)(H,26,27)/t15-,18+,21-/m0/s1. The zero-order valence-corrected chi connectivity index (χ0v) is 17.7. The van der Waals surface area contributed by atoms with Gasteiger partial charge in [0, 0.05) is 11.3 Å². The van der Waals surface area contributed by atoms with E-state index in [1.165, 1.54) is 16.2 Å². The van der Waals surface area contributed by atoms with E-state index in [1.54, 1.807) is 6.07 Å². The number of carboxylic acid groups (broad SMARTS) is 2. The molecule has 1 amide bonds. The van der Waals surface area contributed by atoms with Crippen molar-refractivity contribution in [2.75, 3.05) is 0 Å². The molecular weight excluding hydrogens is 378 g/mol. The average molecular weight is 410 g/mol. The highest BCUT2D eigenvalue weighted by atomic mass is 32.1. The minimum atomic E-state index is -1.48. The summed E-state index contributed by atoms with van der Waals surface area (Å²) in [6.07, 6.45) is 4.11. The van der Waals surface area contributed by atoms with Gasteiger partial charge in [0.25, 0.3) is 0 Å². The number of carboxylic acids is 2. The van der Waals surface area contributed by atoms with Crippen LogP contribution in [0.1, 0.15) is 76.6 Å². The summed E-state index contributed by atoms with van der Waals surface area (Å²) in [6, 6.07) is 2.88. The van der Waals surface area contributed by atoms with E-state index in [-0.39, 0.29) is 31.1 Å². The second-order valence-corrected chi connectivity index (χ2v) is 9.10. The van der Waals surface area contributed by atoms with Gasteiger partial charge in [0.2, 0.25) is 5.91 Å². The number of aliphatic carboxylic acids is 2. The van der Waals surface area contributed by atoms with Gasteiger partial charge in [-0.1, -0.05) is 46.1 Å². The minimum absolute atomic E-state index is 0.0167. The molecule has 1 aliphatic rings. The van der Waals surface area contributed by atoms with Crippen LogP contribution in [0.4, 0.5) is 0 Å². The molecule has 6 nitrogen and oxygen atoms in total. The van der Waals surface area contributed by atoms with Gasteiger partial charge in [-0.15, -0.1) is 11.3 Å². The van der Waals surface area contributed by atoms with Crippen molar-refractivity contribution in [1.82, 2.24) is 4.90 Å².